The van der Waals surface area contributed by atoms with Crippen LogP contribution in [-0.2, 0) is 0 Å². The Bertz CT molecular complexity index is 727. The Morgan fingerprint density at radius 2 is 1.80 bits per heavy atom. The lowest BCUT2D eigenvalue weighted by Gasteiger charge is -2.35. The summed E-state index contributed by atoms with van der Waals surface area (Å²) in [6.45, 7) is 4.38. The molecular formula is C20H24N4O. The Hall–Kier alpha value is -2.40. The molecule has 5 nitrogen and oxygen atoms in total. The molecule has 2 aliphatic rings. The van der Waals surface area contributed by atoms with Gasteiger partial charge in [-0.25, -0.2) is 4.98 Å². The highest BCUT2D eigenvalue weighted by atomic mass is 16.2. The van der Waals surface area contributed by atoms with E-state index in [9.17, 15) is 4.79 Å². The first-order valence-corrected chi connectivity index (χ1v) is 9.11. The van der Waals surface area contributed by atoms with E-state index in [4.69, 9.17) is 0 Å². The lowest BCUT2D eigenvalue weighted by Crippen LogP contribution is -2.46. The SMILES string of the molecule is O=C(c1cccc(N2CCNC(c3ccccc3)C2)n1)N1CCCC1. The summed E-state index contributed by atoms with van der Waals surface area (Å²) in [5, 5.41) is 3.57. The zero-order valence-corrected chi connectivity index (χ0v) is 14.4. The molecule has 3 heterocycles. The van der Waals surface area contributed by atoms with Crippen molar-refractivity contribution in [3.63, 3.8) is 0 Å². The second-order valence-electron chi connectivity index (χ2n) is 6.74. The fourth-order valence-electron chi connectivity index (χ4n) is 3.67. The topological polar surface area (TPSA) is 48.5 Å². The van der Waals surface area contributed by atoms with E-state index in [0.29, 0.717) is 5.69 Å². The second-order valence-corrected chi connectivity index (χ2v) is 6.74. The molecule has 0 bridgehead atoms. The number of aromatic nitrogens is 1. The fourth-order valence-corrected chi connectivity index (χ4v) is 3.67. The molecule has 2 aliphatic heterocycles. The average molecular weight is 336 g/mol. The Morgan fingerprint density at radius 1 is 1.00 bits per heavy atom. The van der Waals surface area contributed by atoms with Crippen molar-refractivity contribution in [3.8, 4) is 0 Å². The van der Waals surface area contributed by atoms with Crippen LogP contribution in [0.3, 0.4) is 0 Å². The van der Waals surface area contributed by atoms with Crippen LogP contribution in [0.2, 0.25) is 0 Å². The van der Waals surface area contributed by atoms with Crippen molar-refractivity contribution >= 4 is 11.7 Å². The minimum atomic E-state index is 0.0640. The number of carbonyl (C=O) groups excluding carboxylic acids is 1. The van der Waals surface area contributed by atoms with Crippen LogP contribution in [0, 0.1) is 0 Å². The normalized spacial score (nSPS) is 20.7. The van der Waals surface area contributed by atoms with Crippen LogP contribution in [0.4, 0.5) is 5.82 Å². The van der Waals surface area contributed by atoms with Gasteiger partial charge in [0.15, 0.2) is 0 Å². The van der Waals surface area contributed by atoms with Crippen molar-refractivity contribution in [3.05, 3.63) is 59.8 Å². The van der Waals surface area contributed by atoms with Gasteiger partial charge in [-0.2, -0.15) is 0 Å². The first-order chi connectivity index (χ1) is 12.3. The molecule has 1 aromatic heterocycles. The number of likely N-dealkylation sites (tertiary alicyclic amines) is 1. The minimum absolute atomic E-state index is 0.0640. The zero-order chi connectivity index (χ0) is 17.1. The molecule has 1 atom stereocenters. The number of rotatable bonds is 3. The predicted octanol–water partition coefficient (Wildman–Crippen LogP) is 2.47. The van der Waals surface area contributed by atoms with Gasteiger partial charge in [-0.3, -0.25) is 4.79 Å². The number of nitrogens with zero attached hydrogens (tertiary/aromatic N) is 3. The van der Waals surface area contributed by atoms with Crippen LogP contribution in [0.25, 0.3) is 0 Å². The summed E-state index contributed by atoms with van der Waals surface area (Å²) in [5.74, 6) is 0.960. The minimum Gasteiger partial charge on any atom is -0.353 e. The maximum Gasteiger partial charge on any atom is 0.272 e. The van der Waals surface area contributed by atoms with Crippen LogP contribution >= 0.6 is 0 Å². The maximum absolute atomic E-state index is 12.6. The molecule has 1 N–H and O–H groups in total. The molecule has 4 rings (SSSR count). The van der Waals surface area contributed by atoms with Crippen molar-refractivity contribution in [2.24, 2.45) is 0 Å². The lowest BCUT2D eigenvalue weighted by atomic mass is 10.0. The maximum atomic E-state index is 12.6. The number of amides is 1. The second kappa shape index (κ2) is 7.23. The molecule has 0 aliphatic carbocycles. The first-order valence-electron chi connectivity index (χ1n) is 9.11. The third kappa shape index (κ3) is 3.51. The molecule has 0 radical (unpaired) electrons. The number of pyridine rings is 1. The first kappa shape index (κ1) is 16.1. The van der Waals surface area contributed by atoms with Crippen LogP contribution in [0.1, 0.15) is 34.9 Å². The van der Waals surface area contributed by atoms with Gasteiger partial charge < -0.3 is 15.1 Å². The van der Waals surface area contributed by atoms with Crippen molar-refractivity contribution < 1.29 is 4.79 Å². The number of nitrogens with one attached hydrogen (secondary N) is 1. The van der Waals surface area contributed by atoms with Crippen molar-refractivity contribution in [2.75, 3.05) is 37.6 Å². The van der Waals surface area contributed by atoms with Gasteiger partial charge in [0.2, 0.25) is 0 Å². The third-order valence-corrected chi connectivity index (χ3v) is 5.05. The van der Waals surface area contributed by atoms with Gasteiger partial charge in [-0.05, 0) is 30.5 Å². The van der Waals surface area contributed by atoms with E-state index in [2.05, 4.69) is 39.5 Å². The van der Waals surface area contributed by atoms with Gasteiger partial charge in [0, 0.05) is 38.8 Å². The van der Waals surface area contributed by atoms with E-state index in [0.717, 1.165) is 51.4 Å². The largest absolute Gasteiger partial charge is 0.353 e. The Labute approximate surface area is 148 Å². The van der Waals surface area contributed by atoms with Gasteiger partial charge in [0.25, 0.3) is 5.91 Å². The quantitative estimate of drug-likeness (QED) is 0.935. The molecule has 1 aromatic carbocycles. The smallest absolute Gasteiger partial charge is 0.272 e. The van der Waals surface area contributed by atoms with Crippen LogP contribution in [0.15, 0.2) is 48.5 Å². The van der Waals surface area contributed by atoms with E-state index in [-0.39, 0.29) is 11.9 Å². The van der Waals surface area contributed by atoms with Crippen LogP contribution in [-0.4, -0.2) is 48.5 Å². The van der Waals surface area contributed by atoms with E-state index in [1.165, 1.54) is 5.56 Å². The number of carbonyl (C=O) groups is 1. The van der Waals surface area contributed by atoms with E-state index in [1.54, 1.807) is 0 Å². The fraction of sp³-hybridized carbons (Fsp3) is 0.400. The lowest BCUT2D eigenvalue weighted by molar-refractivity contribution is 0.0787. The molecule has 1 unspecified atom stereocenters. The average Bonchev–Trinajstić information content (AvgIpc) is 3.23. The number of hydrogen-bond donors (Lipinski definition) is 1. The Kier molecular flexibility index (Phi) is 4.65. The number of hydrogen-bond acceptors (Lipinski definition) is 4. The summed E-state index contributed by atoms with van der Waals surface area (Å²) in [6, 6.07) is 16.6. The Balaban J connectivity index is 1.51. The molecule has 2 saturated heterocycles. The summed E-state index contributed by atoms with van der Waals surface area (Å²) >= 11 is 0. The highest BCUT2D eigenvalue weighted by molar-refractivity contribution is 5.92. The molecule has 0 saturated carbocycles. The Morgan fingerprint density at radius 3 is 2.60 bits per heavy atom. The van der Waals surface area contributed by atoms with E-state index >= 15 is 0 Å². The number of piperazine rings is 1. The molecule has 2 aromatic rings. The molecule has 1 amide bonds. The van der Waals surface area contributed by atoms with Gasteiger partial charge in [-0.15, -0.1) is 0 Å². The predicted molar refractivity (Wildman–Crippen MR) is 98.8 cm³/mol. The molecule has 25 heavy (non-hydrogen) atoms. The summed E-state index contributed by atoms with van der Waals surface area (Å²) in [7, 11) is 0. The van der Waals surface area contributed by atoms with Gasteiger partial charge >= 0.3 is 0 Å². The highest BCUT2D eigenvalue weighted by Gasteiger charge is 2.24. The summed E-state index contributed by atoms with van der Waals surface area (Å²) < 4.78 is 0. The molecule has 130 valence electrons. The van der Waals surface area contributed by atoms with Gasteiger partial charge in [-0.1, -0.05) is 36.4 Å². The van der Waals surface area contributed by atoms with Crippen molar-refractivity contribution in [1.29, 1.82) is 0 Å². The molecular weight excluding hydrogens is 312 g/mol. The highest BCUT2D eigenvalue weighted by Crippen LogP contribution is 2.22. The van der Waals surface area contributed by atoms with E-state index in [1.807, 2.05) is 29.2 Å². The number of anilines is 1. The monoisotopic (exact) mass is 336 g/mol. The van der Waals surface area contributed by atoms with Gasteiger partial charge in [0.1, 0.15) is 11.5 Å². The summed E-state index contributed by atoms with van der Waals surface area (Å²) in [6.07, 6.45) is 2.20. The zero-order valence-electron chi connectivity index (χ0n) is 14.4. The van der Waals surface area contributed by atoms with Crippen molar-refractivity contribution in [1.82, 2.24) is 15.2 Å². The number of benzene rings is 1. The van der Waals surface area contributed by atoms with Crippen LogP contribution < -0.4 is 10.2 Å². The molecule has 5 heteroatoms. The van der Waals surface area contributed by atoms with Gasteiger partial charge in [0.05, 0.1) is 0 Å². The van der Waals surface area contributed by atoms with E-state index < -0.39 is 0 Å². The standard InChI is InChI=1S/C20H24N4O/c25-20(23-12-4-5-13-23)17-9-6-10-19(22-17)24-14-11-21-18(15-24)16-7-2-1-3-8-16/h1-3,6-10,18,21H,4-5,11-15H2. The summed E-state index contributed by atoms with van der Waals surface area (Å²) in [4.78, 5) is 21.5. The molecule has 2 fully saturated rings. The molecule has 0 spiro atoms. The summed E-state index contributed by atoms with van der Waals surface area (Å²) in [5.41, 5.74) is 1.85. The van der Waals surface area contributed by atoms with Crippen LogP contribution in [0.5, 0.6) is 0 Å². The third-order valence-electron chi connectivity index (χ3n) is 5.05. The van der Waals surface area contributed by atoms with Crippen molar-refractivity contribution in [2.45, 2.75) is 18.9 Å².